The van der Waals surface area contributed by atoms with Gasteiger partial charge in [0.15, 0.2) is 11.6 Å². The summed E-state index contributed by atoms with van der Waals surface area (Å²) in [6.45, 7) is 3.85. The number of hydrogen-bond donors (Lipinski definition) is 1. The number of aromatic nitrogens is 3. The van der Waals surface area contributed by atoms with E-state index in [2.05, 4.69) is 15.0 Å². The predicted molar refractivity (Wildman–Crippen MR) is 85.2 cm³/mol. The SMILES string of the molecule is Cc1cc2c(F)c(Oc3ncnc4scc(C)c34)ccc2[nH]1. The molecule has 0 unspecified atom stereocenters. The Kier molecular flexibility index (Phi) is 2.87. The Morgan fingerprint density at radius 2 is 2.09 bits per heavy atom. The maximum absolute atomic E-state index is 14.6. The highest BCUT2D eigenvalue weighted by Gasteiger charge is 2.15. The number of aryl methyl sites for hydroxylation is 2. The molecule has 0 amide bonds. The molecular formula is C16H12FN3OS. The number of benzene rings is 1. The van der Waals surface area contributed by atoms with Gasteiger partial charge in [-0.1, -0.05) is 0 Å². The third-order valence-electron chi connectivity index (χ3n) is 3.56. The smallest absolute Gasteiger partial charge is 0.231 e. The van der Waals surface area contributed by atoms with E-state index in [9.17, 15) is 4.39 Å². The summed E-state index contributed by atoms with van der Waals surface area (Å²) in [4.78, 5) is 12.3. The standard InChI is InChI=1S/C16H12FN3OS/c1-8-6-22-16-13(8)15(18-7-19-16)21-12-4-3-11-10(14(12)17)5-9(2)20-11/h3-7,20H,1-2H3. The van der Waals surface area contributed by atoms with Crippen LogP contribution < -0.4 is 4.74 Å². The number of rotatable bonds is 2. The highest BCUT2D eigenvalue weighted by Crippen LogP contribution is 2.35. The van der Waals surface area contributed by atoms with Crippen molar-refractivity contribution in [2.75, 3.05) is 0 Å². The maximum Gasteiger partial charge on any atom is 0.231 e. The molecule has 0 aliphatic rings. The molecule has 110 valence electrons. The summed E-state index contributed by atoms with van der Waals surface area (Å²) in [7, 11) is 0. The first-order chi connectivity index (χ1) is 10.6. The summed E-state index contributed by atoms with van der Waals surface area (Å²) in [6.07, 6.45) is 1.44. The third-order valence-corrected chi connectivity index (χ3v) is 4.57. The number of ether oxygens (including phenoxy) is 1. The second-order valence-corrected chi connectivity index (χ2v) is 6.03. The van der Waals surface area contributed by atoms with Crippen LogP contribution in [0.1, 0.15) is 11.3 Å². The van der Waals surface area contributed by atoms with Gasteiger partial charge in [-0.25, -0.2) is 14.4 Å². The van der Waals surface area contributed by atoms with E-state index in [0.717, 1.165) is 27.0 Å². The van der Waals surface area contributed by atoms with Crippen LogP contribution in [0.5, 0.6) is 11.6 Å². The number of fused-ring (bicyclic) bond motifs is 2. The van der Waals surface area contributed by atoms with Crippen molar-refractivity contribution in [3.63, 3.8) is 0 Å². The summed E-state index contributed by atoms with van der Waals surface area (Å²) in [6, 6.07) is 5.19. The Bertz CT molecular complexity index is 1010. The van der Waals surface area contributed by atoms with Crippen LogP contribution in [0.15, 0.2) is 29.9 Å². The van der Waals surface area contributed by atoms with Crippen molar-refractivity contribution in [1.29, 1.82) is 0 Å². The number of hydrogen-bond acceptors (Lipinski definition) is 4. The second kappa shape index (κ2) is 4.78. The molecule has 0 saturated heterocycles. The number of thiophene rings is 1. The average Bonchev–Trinajstić information content (AvgIpc) is 3.06. The number of aromatic amines is 1. The molecule has 22 heavy (non-hydrogen) atoms. The molecule has 0 aliphatic heterocycles. The molecular weight excluding hydrogens is 301 g/mol. The second-order valence-electron chi connectivity index (χ2n) is 5.17. The van der Waals surface area contributed by atoms with Gasteiger partial charge in [0.2, 0.25) is 5.88 Å². The quantitative estimate of drug-likeness (QED) is 0.582. The van der Waals surface area contributed by atoms with Gasteiger partial charge >= 0.3 is 0 Å². The minimum Gasteiger partial charge on any atom is -0.435 e. The summed E-state index contributed by atoms with van der Waals surface area (Å²) < 4.78 is 20.4. The lowest BCUT2D eigenvalue weighted by Crippen LogP contribution is -1.93. The highest BCUT2D eigenvalue weighted by atomic mass is 32.1. The van der Waals surface area contributed by atoms with E-state index in [1.165, 1.54) is 17.7 Å². The van der Waals surface area contributed by atoms with Crippen molar-refractivity contribution in [2.24, 2.45) is 0 Å². The molecule has 1 aromatic carbocycles. The Balaban J connectivity index is 1.85. The molecule has 0 radical (unpaired) electrons. The van der Waals surface area contributed by atoms with Crippen molar-refractivity contribution in [2.45, 2.75) is 13.8 Å². The van der Waals surface area contributed by atoms with Crippen LogP contribution in [-0.2, 0) is 0 Å². The maximum atomic E-state index is 14.6. The van der Waals surface area contributed by atoms with E-state index in [4.69, 9.17) is 4.74 Å². The molecule has 0 spiro atoms. The summed E-state index contributed by atoms with van der Waals surface area (Å²) in [5.41, 5.74) is 2.68. The fraction of sp³-hybridized carbons (Fsp3) is 0.125. The van der Waals surface area contributed by atoms with Gasteiger partial charge in [-0.3, -0.25) is 0 Å². The van der Waals surface area contributed by atoms with Gasteiger partial charge in [-0.05, 0) is 43.0 Å². The van der Waals surface area contributed by atoms with Crippen molar-refractivity contribution in [1.82, 2.24) is 15.0 Å². The van der Waals surface area contributed by atoms with Gasteiger partial charge in [-0.15, -0.1) is 11.3 Å². The predicted octanol–water partition coefficient (Wildman–Crippen LogP) is 4.72. The Morgan fingerprint density at radius 3 is 2.95 bits per heavy atom. The van der Waals surface area contributed by atoms with E-state index < -0.39 is 0 Å². The lowest BCUT2D eigenvalue weighted by molar-refractivity contribution is 0.435. The van der Waals surface area contributed by atoms with Crippen molar-refractivity contribution < 1.29 is 9.13 Å². The van der Waals surface area contributed by atoms with Gasteiger partial charge in [0.25, 0.3) is 0 Å². The first-order valence-corrected chi connectivity index (χ1v) is 7.66. The summed E-state index contributed by atoms with van der Waals surface area (Å²) in [5.74, 6) is 0.160. The van der Waals surface area contributed by atoms with Gasteiger partial charge in [0.05, 0.1) is 5.39 Å². The zero-order chi connectivity index (χ0) is 15.3. The molecule has 3 heterocycles. The minimum atomic E-state index is -0.388. The molecule has 0 atom stereocenters. The molecule has 0 aliphatic carbocycles. The number of H-pyrrole nitrogens is 1. The average molecular weight is 313 g/mol. The number of nitrogens with one attached hydrogen (secondary N) is 1. The van der Waals surface area contributed by atoms with Crippen LogP contribution in [0, 0.1) is 19.7 Å². The minimum absolute atomic E-state index is 0.164. The van der Waals surface area contributed by atoms with Crippen LogP contribution in [0.2, 0.25) is 0 Å². The zero-order valence-corrected chi connectivity index (χ0v) is 12.8. The molecule has 6 heteroatoms. The Morgan fingerprint density at radius 1 is 1.23 bits per heavy atom. The van der Waals surface area contributed by atoms with Crippen LogP contribution >= 0.6 is 11.3 Å². The van der Waals surface area contributed by atoms with Crippen molar-refractivity contribution >= 4 is 32.5 Å². The number of nitrogens with zero attached hydrogens (tertiary/aromatic N) is 2. The molecule has 1 N–H and O–H groups in total. The molecule has 0 saturated carbocycles. The third kappa shape index (κ3) is 1.95. The topological polar surface area (TPSA) is 50.8 Å². The van der Waals surface area contributed by atoms with Crippen LogP contribution in [0.4, 0.5) is 4.39 Å². The monoisotopic (exact) mass is 313 g/mol. The van der Waals surface area contributed by atoms with Crippen LogP contribution in [-0.4, -0.2) is 15.0 Å². The van der Waals surface area contributed by atoms with Crippen LogP contribution in [0.3, 0.4) is 0 Å². The lowest BCUT2D eigenvalue weighted by Gasteiger charge is -2.07. The molecule has 3 aromatic heterocycles. The van der Waals surface area contributed by atoms with Gasteiger partial charge in [0.1, 0.15) is 11.2 Å². The molecule has 4 rings (SSSR count). The van der Waals surface area contributed by atoms with E-state index in [1.807, 2.05) is 19.2 Å². The highest BCUT2D eigenvalue weighted by molar-refractivity contribution is 7.17. The van der Waals surface area contributed by atoms with E-state index in [0.29, 0.717) is 11.3 Å². The van der Waals surface area contributed by atoms with Crippen LogP contribution in [0.25, 0.3) is 21.1 Å². The van der Waals surface area contributed by atoms with Gasteiger partial charge in [-0.2, -0.15) is 0 Å². The first-order valence-electron chi connectivity index (χ1n) is 6.78. The lowest BCUT2D eigenvalue weighted by atomic mass is 10.2. The largest absolute Gasteiger partial charge is 0.435 e. The van der Waals surface area contributed by atoms with Gasteiger partial charge in [0, 0.05) is 16.6 Å². The summed E-state index contributed by atoms with van der Waals surface area (Å²) in [5, 5.41) is 3.33. The Labute approximate surface area is 129 Å². The number of halogens is 1. The molecule has 0 bridgehead atoms. The Hall–Kier alpha value is -2.47. The molecule has 4 nitrogen and oxygen atoms in total. The van der Waals surface area contributed by atoms with E-state index in [-0.39, 0.29) is 11.6 Å². The van der Waals surface area contributed by atoms with E-state index >= 15 is 0 Å². The first kappa shape index (κ1) is 13.2. The van der Waals surface area contributed by atoms with Crippen molar-refractivity contribution in [3.05, 3.63) is 47.0 Å². The molecule has 4 aromatic rings. The fourth-order valence-corrected chi connectivity index (χ4v) is 3.41. The normalized spacial score (nSPS) is 11.4. The summed E-state index contributed by atoms with van der Waals surface area (Å²) >= 11 is 1.52. The van der Waals surface area contributed by atoms with Gasteiger partial charge < -0.3 is 9.72 Å². The fourth-order valence-electron chi connectivity index (χ4n) is 2.53. The zero-order valence-electron chi connectivity index (χ0n) is 12.0. The van der Waals surface area contributed by atoms with E-state index in [1.54, 1.807) is 18.2 Å². The van der Waals surface area contributed by atoms with Crippen molar-refractivity contribution in [3.8, 4) is 11.6 Å². The molecule has 0 fully saturated rings.